The molecule has 88 valence electrons. The number of nitrogens with two attached hydrogens (primary N) is 1. The van der Waals surface area contributed by atoms with Gasteiger partial charge in [-0.25, -0.2) is 5.84 Å². The van der Waals surface area contributed by atoms with E-state index in [1.165, 1.54) is 5.56 Å². The molecule has 0 aliphatic heterocycles. The van der Waals surface area contributed by atoms with E-state index in [4.69, 9.17) is 5.84 Å². The van der Waals surface area contributed by atoms with Crippen LogP contribution in [0, 0.1) is 0 Å². The highest BCUT2D eigenvalue weighted by atomic mass is 15.3. The molecule has 0 bridgehead atoms. The topological polar surface area (TPSA) is 50.4 Å². The minimum Gasteiger partial charge on any atom is -0.308 e. The van der Waals surface area contributed by atoms with Gasteiger partial charge in [-0.3, -0.25) is 4.99 Å². The zero-order valence-electron chi connectivity index (χ0n) is 10.5. The molecule has 0 fully saturated rings. The minimum atomic E-state index is -0.134. The second-order valence-corrected chi connectivity index (χ2v) is 4.83. The lowest BCUT2D eigenvalue weighted by molar-refractivity contribution is 0.580. The number of amidine groups is 1. The van der Waals surface area contributed by atoms with Gasteiger partial charge in [-0.15, -0.1) is 0 Å². The van der Waals surface area contributed by atoms with Crippen LogP contribution in [0.3, 0.4) is 0 Å². The molecule has 0 atom stereocenters. The van der Waals surface area contributed by atoms with E-state index >= 15 is 0 Å². The number of aryl methyl sites for hydroxylation is 1. The van der Waals surface area contributed by atoms with Crippen molar-refractivity contribution in [3.63, 3.8) is 0 Å². The molecule has 1 rings (SSSR count). The van der Waals surface area contributed by atoms with Gasteiger partial charge < -0.3 is 5.43 Å². The smallest absolute Gasteiger partial charge is 0.143 e. The van der Waals surface area contributed by atoms with Crippen LogP contribution in [0.1, 0.15) is 38.8 Å². The summed E-state index contributed by atoms with van der Waals surface area (Å²) in [6.45, 7) is 8.28. The molecule has 3 heteroatoms. The molecule has 0 saturated carbocycles. The number of hydrazine groups is 1. The number of hydrogen-bond acceptors (Lipinski definition) is 2. The molecule has 0 aromatic heterocycles. The molecule has 0 saturated heterocycles. The Labute approximate surface area is 97.7 Å². The molecular weight excluding hydrogens is 198 g/mol. The number of aliphatic imine (C=N–C) groups is 1. The van der Waals surface area contributed by atoms with Gasteiger partial charge in [-0.05, 0) is 32.8 Å². The SMILES string of the molecule is CCc1ccc(C(=NC(C)(C)C)NN)cc1. The van der Waals surface area contributed by atoms with Crippen LogP contribution in [0.25, 0.3) is 0 Å². The fourth-order valence-corrected chi connectivity index (χ4v) is 1.41. The Kier molecular flexibility index (Phi) is 4.07. The normalized spacial score (nSPS) is 12.7. The Morgan fingerprint density at radius 2 is 1.81 bits per heavy atom. The summed E-state index contributed by atoms with van der Waals surface area (Å²) in [5, 5.41) is 0. The molecule has 16 heavy (non-hydrogen) atoms. The lowest BCUT2D eigenvalue weighted by Gasteiger charge is -2.16. The van der Waals surface area contributed by atoms with Crippen molar-refractivity contribution >= 4 is 5.84 Å². The van der Waals surface area contributed by atoms with Crippen LogP contribution in [0.4, 0.5) is 0 Å². The van der Waals surface area contributed by atoms with Crippen molar-refractivity contribution in [1.29, 1.82) is 0 Å². The van der Waals surface area contributed by atoms with Gasteiger partial charge in [-0.1, -0.05) is 31.2 Å². The summed E-state index contributed by atoms with van der Waals surface area (Å²) in [6, 6.07) is 8.29. The summed E-state index contributed by atoms with van der Waals surface area (Å²) in [5.74, 6) is 6.23. The van der Waals surface area contributed by atoms with E-state index in [0.29, 0.717) is 0 Å². The van der Waals surface area contributed by atoms with Crippen molar-refractivity contribution in [2.24, 2.45) is 10.8 Å². The molecule has 3 nitrogen and oxygen atoms in total. The maximum absolute atomic E-state index is 5.50. The first-order valence-corrected chi connectivity index (χ1v) is 5.62. The number of nitrogens with one attached hydrogen (secondary N) is 1. The number of nitrogens with zero attached hydrogens (tertiary/aromatic N) is 1. The lowest BCUT2D eigenvalue weighted by atomic mass is 10.1. The van der Waals surface area contributed by atoms with Crippen molar-refractivity contribution in [2.75, 3.05) is 0 Å². The second-order valence-electron chi connectivity index (χ2n) is 4.83. The van der Waals surface area contributed by atoms with Gasteiger partial charge in [0.2, 0.25) is 0 Å². The summed E-state index contributed by atoms with van der Waals surface area (Å²) in [6.07, 6.45) is 1.04. The molecular formula is C13H21N3. The Bertz CT molecular complexity index is 358. The fraction of sp³-hybridized carbons (Fsp3) is 0.462. The van der Waals surface area contributed by atoms with Gasteiger partial charge in [0, 0.05) is 5.56 Å². The van der Waals surface area contributed by atoms with Crippen molar-refractivity contribution in [3.8, 4) is 0 Å². The maximum Gasteiger partial charge on any atom is 0.143 e. The van der Waals surface area contributed by atoms with E-state index in [9.17, 15) is 0 Å². The van der Waals surface area contributed by atoms with Crippen LogP contribution in [-0.2, 0) is 6.42 Å². The van der Waals surface area contributed by atoms with Gasteiger partial charge in [0.25, 0.3) is 0 Å². The highest BCUT2D eigenvalue weighted by molar-refractivity contribution is 5.98. The summed E-state index contributed by atoms with van der Waals surface area (Å²) in [4.78, 5) is 4.53. The summed E-state index contributed by atoms with van der Waals surface area (Å²) in [5.41, 5.74) is 4.87. The Morgan fingerprint density at radius 3 is 2.19 bits per heavy atom. The van der Waals surface area contributed by atoms with Crippen molar-refractivity contribution < 1.29 is 0 Å². The zero-order valence-corrected chi connectivity index (χ0v) is 10.5. The van der Waals surface area contributed by atoms with Crippen LogP contribution < -0.4 is 11.3 Å². The summed E-state index contributed by atoms with van der Waals surface area (Å²) < 4.78 is 0. The molecule has 0 radical (unpaired) electrons. The van der Waals surface area contributed by atoms with Crippen LogP contribution in [-0.4, -0.2) is 11.4 Å². The summed E-state index contributed by atoms with van der Waals surface area (Å²) in [7, 11) is 0. The lowest BCUT2D eigenvalue weighted by Crippen LogP contribution is -2.33. The predicted molar refractivity (Wildman–Crippen MR) is 69.4 cm³/mol. The average Bonchev–Trinajstić information content (AvgIpc) is 2.25. The van der Waals surface area contributed by atoms with Crippen LogP contribution in [0.2, 0.25) is 0 Å². The van der Waals surface area contributed by atoms with E-state index in [2.05, 4.69) is 29.5 Å². The number of benzene rings is 1. The molecule has 1 aromatic carbocycles. The number of rotatable bonds is 2. The van der Waals surface area contributed by atoms with Crippen LogP contribution >= 0.6 is 0 Å². The molecule has 0 unspecified atom stereocenters. The van der Waals surface area contributed by atoms with E-state index in [-0.39, 0.29) is 5.54 Å². The molecule has 0 amide bonds. The zero-order chi connectivity index (χ0) is 12.2. The van der Waals surface area contributed by atoms with Gasteiger partial charge in [0.1, 0.15) is 5.84 Å². The largest absolute Gasteiger partial charge is 0.308 e. The van der Waals surface area contributed by atoms with Gasteiger partial charge in [0.05, 0.1) is 5.54 Å². The van der Waals surface area contributed by atoms with E-state index in [1.54, 1.807) is 0 Å². The quantitative estimate of drug-likeness (QED) is 0.347. The Hall–Kier alpha value is -1.35. The standard InChI is InChI=1S/C13H21N3/c1-5-10-6-8-11(9-7-10)12(16-14)15-13(2,3)4/h6-9H,5,14H2,1-4H3,(H,15,16). The summed E-state index contributed by atoms with van der Waals surface area (Å²) >= 11 is 0. The highest BCUT2D eigenvalue weighted by Crippen LogP contribution is 2.11. The van der Waals surface area contributed by atoms with Gasteiger partial charge in [0.15, 0.2) is 0 Å². The first-order valence-electron chi connectivity index (χ1n) is 5.62. The third kappa shape index (κ3) is 3.66. The first-order chi connectivity index (χ1) is 7.46. The predicted octanol–water partition coefficient (Wildman–Crippen LogP) is 2.26. The van der Waals surface area contributed by atoms with Crippen molar-refractivity contribution in [3.05, 3.63) is 35.4 Å². The molecule has 0 spiro atoms. The van der Waals surface area contributed by atoms with Crippen LogP contribution in [0.5, 0.6) is 0 Å². The molecule has 3 N–H and O–H groups in total. The average molecular weight is 219 g/mol. The molecule has 1 aromatic rings. The third-order valence-corrected chi connectivity index (χ3v) is 2.22. The van der Waals surface area contributed by atoms with E-state index < -0.39 is 0 Å². The minimum absolute atomic E-state index is 0.134. The fourth-order valence-electron chi connectivity index (χ4n) is 1.41. The number of hydrogen-bond donors (Lipinski definition) is 2. The second kappa shape index (κ2) is 5.12. The van der Waals surface area contributed by atoms with E-state index in [1.807, 2.05) is 32.9 Å². The molecule has 0 heterocycles. The Morgan fingerprint density at radius 1 is 1.25 bits per heavy atom. The Balaban J connectivity index is 3.00. The maximum atomic E-state index is 5.50. The third-order valence-electron chi connectivity index (χ3n) is 2.22. The van der Waals surface area contributed by atoms with E-state index in [0.717, 1.165) is 17.8 Å². The highest BCUT2D eigenvalue weighted by Gasteiger charge is 2.10. The van der Waals surface area contributed by atoms with Gasteiger partial charge >= 0.3 is 0 Å². The monoisotopic (exact) mass is 219 g/mol. The van der Waals surface area contributed by atoms with Crippen LogP contribution in [0.15, 0.2) is 29.3 Å². The van der Waals surface area contributed by atoms with Gasteiger partial charge in [-0.2, -0.15) is 0 Å². The molecule has 0 aliphatic carbocycles. The first kappa shape index (κ1) is 12.7. The molecule has 0 aliphatic rings. The van der Waals surface area contributed by atoms with Crippen molar-refractivity contribution in [1.82, 2.24) is 5.43 Å². The van der Waals surface area contributed by atoms with Crippen molar-refractivity contribution in [2.45, 2.75) is 39.7 Å².